The highest BCUT2D eigenvalue weighted by molar-refractivity contribution is 7.15. The Labute approximate surface area is 78.4 Å². The molecule has 0 fully saturated rings. The summed E-state index contributed by atoms with van der Waals surface area (Å²) in [6.07, 6.45) is 0. The number of oxime groups is 1. The third-order valence-corrected chi connectivity index (χ3v) is 2.44. The number of esters is 1. The van der Waals surface area contributed by atoms with Crippen LogP contribution in [0.5, 0.6) is 0 Å². The topological polar surface area (TPSA) is 84.9 Å². The predicted octanol–water partition coefficient (Wildman–Crippen LogP) is 0.629. The van der Waals surface area contributed by atoms with Gasteiger partial charge in [-0.25, -0.2) is 4.79 Å². The molecule has 0 aliphatic carbocycles. The molecule has 70 valence electrons. The maximum absolute atomic E-state index is 11.0. The van der Waals surface area contributed by atoms with Crippen LogP contribution < -0.4 is 5.73 Å². The molecule has 1 aromatic heterocycles. The Hall–Kier alpha value is -1.56. The summed E-state index contributed by atoms with van der Waals surface area (Å²) in [6.45, 7) is 0. The number of amidine groups is 1. The third kappa shape index (κ3) is 1.97. The molecule has 5 nitrogen and oxygen atoms in total. The Morgan fingerprint density at radius 1 is 1.62 bits per heavy atom. The molecular formula is C7H8N2O3S. The Morgan fingerprint density at radius 3 is 2.77 bits per heavy atom. The van der Waals surface area contributed by atoms with Crippen LogP contribution >= 0.6 is 11.3 Å². The molecule has 0 unspecified atom stereocenters. The van der Waals surface area contributed by atoms with E-state index in [1.165, 1.54) is 7.11 Å². The average molecular weight is 200 g/mol. The lowest BCUT2D eigenvalue weighted by Crippen LogP contribution is -2.10. The lowest BCUT2D eigenvalue weighted by atomic mass is 10.4. The highest BCUT2D eigenvalue weighted by atomic mass is 32.1. The number of rotatable bonds is 2. The Kier molecular flexibility index (Phi) is 2.86. The Bertz CT molecular complexity index is 345. The van der Waals surface area contributed by atoms with Crippen molar-refractivity contribution in [2.45, 2.75) is 0 Å². The van der Waals surface area contributed by atoms with Crippen molar-refractivity contribution in [3.8, 4) is 0 Å². The van der Waals surface area contributed by atoms with Crippen LogP contribution in [0.4, 0.5) is 0 Å². The van der Waals surface area contributed by atoms with E-state index < -0.39 is 5.97 Å². The van der Waals surface area contributed by atoms with Crippen LogP contribution in [0.15, 0.2) is 17.3 Å². The predicted molar refractivity (Wildman–Crippen MR) is 48.2 cm³/mol. The number of hydrogen-bond donors (Lipinski definition) is 2. The van der Waals surface area contributed by atoms with Crippen molar-refractivity contribution in [1.82, 2.24) is 0 Å². The fraction of sp³-hybridized carbons (Fsp3) is 0.143. The first-order valence-electron chi connectivity index (χ1n) is 3.35. The van der Waals surface area contributed by atoms with Crippen molar-refractivity contribution < 1.29 is 14.7 Å². The summed E-state index contributed by atoms with van der Waals surface area (Å²) in [6, 6.07) is 3.15. The van der Waals surface area contributed by atoms with Crippen LogP contribution in [0.2, 0.25) is 0 Å². The molecule has 0 aliphatic heterocycles. The quantitative estimate of drug-likeness (QED) is 0.241. The number of thiophene rings is 1. The second-order valence-electron chi connectivity index (χ2n) is 2.14. The van der Waals surface area contributed by atoms with Gasteiger partial charge in [-0.3, -0.25) is 0 Å². The van der Waals surface area contributed by atoms with E-state index in [0.717, 1.165) is 11.3 Å². The summed E-state index contributed by atoms with van der Waals surface area (Å²) in [7, 11) is 1.30. The zero-order chi connectivity index (χ0) is 9.84. The zero-order valence-electron chi connectivity index (χ0n) is 6.85. The number of carbonyl (C=O) groups is 1. The molecule has 0 saturated carbocycles. The van der Waals surface area contributed by atoms with Crippen LogP contribution in [-0.4, -0.2) is 24.1 Å². The number of nitrogens with zero attached hydrogens (tertiary/aromatic N) is 1. The van der Waals surface area contributed by atoms with E-state index in [-0.39, 0.29) is 5.84 Å². The van der Waals surface area contributed by atoms with E-state index in [2.05, 4.69) is 9.89 Å². The summed E-state index contributed by atoms with van der Waals surface area (Å²) in [4.78, 5) is 11.9. The van der Waals surface area contributed by atoms with Gasteiger partial charge in [0.2, 0.25) is 0 Å². The Morgan fingerprint density at radius 2 is 2.23 bits per heavy atom. The van der Waals surface area contributed by atoms with E-state index in [0.29, 0.717) is 9.75 Å². The van der Waals surface area contributed by atoms with Crippen molar-refractivity contribution in [1.29, 1.82) is 0 Å². The minimum atomic E-state index is -0.429. The van der Waals surface area contributed by atoms with Gasteiger partial charge in [0.15, 0.2) is 5.84 Å². The van der Waals surface area contributed by atoms with Gasteiger partial charge in [-0.05, 0) is 12.1 Å². The fourth-order valence-electron chi connectivity index (χ4n) is 0.735. The molecular weight excluding hydrogens is 192 g/mol. The number of nitrogens with two attached hydrogens (primary N) is 1. The lowest BCUT2D eigenvalue weighted by molar-refractivity contribution is 0.0606. The highest BCUT2D eigenvalue weighted by Crippen LogP contribution is 2.16. The van der Waals surface area contributed by atoms with Crippen LogP contribution in [0, 0.1) is 0 Å². The first kappa shape index (κ1) is 9.53. The van der Waals surface area contributed by atoms with E-state index in [1.54, 1.807) is 12.1 Å². The summed E-state index contributed by atoms with van der Waals surface area (Å²) in [5.74, 6) is -0.442. The van der Waals surface area contributed by atoms with E-state index in [1.807, 2.05) is 0 Å². The molecule has 6 heteroatoms. The SMILES string of the molecule is COC(=O)c1ccc(/C(N)=N/O)s1. The number of hydrogen-bond acceptors (Lipinski definition) is 5. The zero-order valence-corrected chi connectivity index (χ0v) is 7.67. The minimum absolute atomic E-state index is 0.0137. The average Bonchev–Trinajstić information content (AvgIpc) is 2.64. The van der Waals surface area contributed by atoms with Gasteiger partial charge in [0, 0.05) is 0 Å². The van der Waals surface area contributed by atoms with Crippen LogP contribution in [-0.2, 0) is 4.74 Å². The van der Waals surface area contributed by atoms with E-state index in [4.69, 9.17) is 10.9 Å². The fourth-order valence-corrected chi connectivity index (χ4v) is 1.56. The molecule has 0 saturated heterocycles. The smallest absolute Gasteiger partial charge is 0.348 e. The van der Waals surface area contributed by atoms with Crippen molar-refractivity contribution in [2.24, 2.45) is 10.9 Å². The van der Waals surface area contributed by atoms with Gasteiger partial charge in [0.05, 0.1) is 12.0 Å². The molecule has 0 radical (unpaired) electrons. The van der Waals surface area contributed by atoms with Gasteiger partial charge in [0.1, 0.15) is 4.88 Å². The van der Waals surface area contributed by atoms with Crippen molar-refractivity contribution in [3.63, 3.8) is 0 Å². The lowest BCUT2D eigenvalue weighted by Gasteiger charge is -1.92. The largest absolute Gasteiger partial charge is 0.465 e. The second kappa shape index (κ2) is 3.90. The summed E-state index contributed by atoms with van der Waals surface area (Å²) >= 11 is 1.11. The Balaban J connectivity index is 2.93. The molecule has 1 rings (SSSR count). The van der Waals surface area contributed by atoms with Gasteiger partial charge < -0.3 is 15.7 Å². The van der Waals surface area contributed by atoms with E-state index in [9.17, 15) is 4.79 Å². The first-order valence-corrected chi connectivity index (χ1v) is 4.16. The van der Waals surface area contributed by atoms with Gasteiger partial charge >= 0.3 is 5.97 Å². The van der Waals surface area contributed by atoms with Gasteiger partial charge in [-0.15, -0.1) is 11.3 Å². The molecule has 3 N–H and O–H groups in total. The van der Waals surface area contributed by atoms with Crippen molar-refractivity contribution in [3.05, 3.63) is 21.9 Å². The van der Waals surface area contributed by atoms with Gasteiger partial charge in [-0.1, -0.05) is 5.16 Å². The number of carbonyl (C=O) groups excluding carboxylic acids is 1. The maximum atomic E-state index is 11.0. The molecule has 0 spiro atoms. The third-order valence-electron chi connectivity index (χ3n) is 1.35. The first-order chi connectivity index (χ1) is 6.19. The molecule has 0 amide bonds. The van der Waals surface area contributed by atoms with Gasteiger partial charge in [0.25, 0.3) is 0 Å². The number of ether oxygens (including phenoxy) is 1. The summed E-state index contributed by atoms with van der Waals surface area (Å²) in [5, 5.41) is 11.2. The maximum Gasteiger partial charge on any atom is 0.348 e. The molecule has 0 aromatic carbocycles. The molecule has 0 aliphatic rings. The van der Waals surface area contributed by atoms with Crippen molar-refractivity contribution in [2.75, 3.05) is 7.11 Å². The standard InChI is InChI=1S/C7H8N2O3S/c1-12-7(10)5-3-2-4(13-5)6(8)9-11/h2-3,11H,1H3,(H2,8,9). The summed E-state index contributed by atoms with van der Waals surface area (Å²) in [5.41, 5.74) is 5.31. The monoisotopic (exact) mass is 200 g/mol. The second-order valence-corrected chi connectivity index (χ2v) is 3.22. The normalized spacial score (nSPS) is 11.3. The van der Waals surface area contributed by atoms with Crippen LogP contribution in [0.25, 0.3) is 0 Å². The molecule has 1 heterocycles. The van der Waals surface area contributed by atoms with Crippen molar-refractivity contribution >= 4 is 23.1 Å². The molecule has 13 heavy (non-hydrogen) atoms. The van der Waals surface area contributed by atoms with Crippen LogP contribution in [0.3, 0.4) is 0 Å². The molecule has 0 bridgehead atoms. The molecule has 1 aromatic rings. The minimum Gasteiger partial charge on any atom is -0.465 e. The highest BCUT2D eigenvalue weighted by Gasteiger charge is 2.10. The van der Waals surface area contributed by atoms with Crippen LogP contribution in [0.1, 0.15) is 14.5 Å². The number of methoxy groups -OCH3 is 1. The van der Waals surface area contributed by atoms with E-state index >= 15 is 0 Å². The van der Waals surface area contributed by atoms with Gasteiger partial charge in [-0.2, -0.15) is 0 Å². The molecule has 0 atom stereocenters. The summed E-state index contributed by atoms with van der Waals surface area (Å²) < 4.78 is 4.49.